The van der Waals surface area contributed by atoms with Gasteiger partial charge in [-0.15, -0.1) is 0 Å². The van der Waals surface area contributed by atoms with E-state index in [1.807, 2.05) is 57.2 Å². The topological polar surface area (TPSA) is 76.1 Å². The Morgan fingerprint density at radius 3 is 2.35 bits per heavy atom. The predicted octanol–water partition coefficient (Wildman–Crippen LogP) is 6.65. The second kappa shape index (κ2) is 16.1. The van der Waals surface area contributed by atoms with Crippen molar-refractivity contribution in [3.8, 4) is 5.75 Å². The van der Waals surface area contributed by atoms with Crippen molar-refractivity contribution in [2.75, 3.05) is 19.8 Å². The molecule has 1 amide bonds. The van der Waals surface area contributed by atoms with E-state index in [0.29, 0.717) is 35.9 Å². The van der Waals surface area contributed by atoms with Gasteiger partial charge in [-0.1, -0.05) is 56.6 Å². The largest absolute Gasteiger partial charge is 0.494 e. The quantitative estimate of drug-likeness (QED) is 0.246. The van der Waals surface area contributed by atoms with Crippen molar-refractivity contribution >= 4 is 23.5 Å². The van der Waals surface area contributed by atoms with Crippen LogP contribution in [0.4, 0.5) is 0 Å². The SMILES string of the molecule is CC.CCCOc1ccc(COC(=O)C2=C(C)N(CCCCCO)C(=O)C[C@@H]2c2ccc(Cl)cc2)cc1. The van der Waals surface area contributed by atoms with E-state index in [2.05, 4.69) is 6.92 Å². The summed E-state index contributed by atoms with van der Waals surface area (Å²) >= 11 is 6.06. The van der Waals surface area contributed by atoms with E-state index in [-0.39, 0.29) is 25.5 Å². The summed E-state index contributed by atoms with van der Waals surface area (Å²) in [5, 5.41) is 9.64. The lowest BCUT2D eigenvalue weighted by molar-refractivity contribution is -0.141. The molecule has 0 aromatic heterocycles. The second-order valence-electron chi connectivity index (χ2n) is 8.71. The van der Waals surface area contributed by atoms with Crippen LogP contribution in [-0.2, 0) is 20.9 Å². The summed E-state index contributed by atoms with van der Waals surface area (Å²) in [7, 11) is 0. The van der Waals surface area contributed by atoms with E-state index in [1.54, 1.807) is 17.0 Å². The van der Waals surface area contributed by atoms with Crippen molar-refractivity contribution in [2.45, 2.75) is 72.3 Å². The first-order valence-corrected chi connectivity index (χ1v) is 13.6. The number of halogens is 1. The number of carbonyl (C=O) groups excluding carboxylic acids is 2. The molecule has 3 rings (SSSR count). The molecule has 6 nitrogen and oxygen atoms in total. The number of unbranched alkanes of at least 4 members (excludes halogenated alkanes) is 2. The van der Waals surface area contributed by atoms with E-state index in [4.69, 9.17) is 26.2 Å². The Bertz CT molecular complexity index is 1020. The summed E-state index contributed by atoms with van der Waals surface area (Å²) in [6.45, 7) is 9.28. The minimum Gasteiger partial charge on any atom is -0.494 e. The normalized spacial score (nSPS) is 15.2. The molecule has 1 N–H and O–H groups in total. The fourth-order valence-electron chi connectivity index (χ4n) is 4.22. The number of hydrogen-bond acceptors (Lipinski definition) is 5. The van der Waals surface area contributed by atoms with Crippen molar-refractivity contribution in [2.24, 2.45) is 0 Å². The lowest BCUT2D eigenvalue weighted by atomic mass is 9.83. The van der Waals surface area contributed by atoms with Gasteiger partial charge in [0.25, 0.3) is 0 Å². The van der Waals surface area contributed by atoms with Gasteiger partial charge in [-0.25, -0.2) is 4.79 Å². The first-order chi connectivity index (χ1) is 17.9. The van der Waals surface area contributed by atoms with Crippen molar-refractivity contribution in [3.05, 3.63) is 76.0 Å². The van der Waals surface area contributed by atoms with Crippen LogP contribution in [0.15, 0.2) is 59.8 Å². The van der Waals surface area contributed by atoms with Gasteiger partial charge in [0.05, 0.1) is 12.2 Å². The van der Waals surface area contributed by atoms with Crippen LogP contribution in [0.3, 0.4) is 0 Å². The van der Waals surface area contributed by atoms with E-state index >= 15 is 0 Å². The van der Waals surface area contributed by atoms with E-state index in [0.717, 1.165) is 36.1 Å². The molecule has 2 aromatic rings. The number of ether oxygens (including phenoxy) is 2. The van der Waals surface area contributed by atoms with Gasteiger partial charge in [-0.05, 0) is 68.0 Å². The average molecular weight is 530 g/mol. The van der Waals surface area contributed by atoms with E-state index < -0.39 is 11.9 Å². The van der Waals surface area contributed by atoms with Crippen LogP contribution in [0.25, 0.3) is 0 Å². The smallest absolute Gasteiger partial charge is 0.336 e. The molecule has 1 aliphatic rings. The van der Waals surface area contributed by atoms with Gasteiger partial charge in [0.15, 0.2) is 0 Å². The molecule has 1 heterocycles. The molecule has 0 saturated carbocycles. The molecule has 7 heteroatoms. The number of allylic oxidation sites excluding steroid dienone is 1. The van der Waals surface area contributed by atoms with Crippen LogP contribution in [0.2, 0.25) is 5.02 Å². The molecule has 1 atom stereocenters. The zero-order valence-corrected chi connectivity index (χ0v) is 23.2. The lowest BCUT2D eigenvalue weighted by Crippen LogP contribution is -2.39. The molecule has 0 aliphatic carbocycles. The second-order valence-corrected chi connectivity index (χ2v) is 9.14. The Morgan fingerprint density at radius 1 is 1.05 bits per heavy atom. The summed E-state index contributed by atoms with van der Waals surface area (Å²) in [6, 6.07) is 14.7. The van der Waals surface area contributed by atoms with Crippen molar-refractivity contribution in [1.82, 2.24) is 4.90 Å². The van der Waals surface area contributed by atoms with Gasteiger partial charge in [-0.3, -0.25) is 4.79 Å². The third-order valence-electron chi connectivity index (χ3n) is 6.12. The highest BCUT2D eigenvalue weighted by Gasteiger charge is 2.36. The molecule has 202 valence electrons. The number of carbonyl (C=O) groups is 2. The molecule has 37 heavy (non-hydrogen) atoms. The lowest BCUT2D eigenvalue weighted by Gasteiger charge is -2.34. The number of rotatable bonds is 12. The van der Waals surface area contributed by atoms with Crippen LogP contribution in [0, 0.1) is 0 Å². The molecule has 2 aromatic carbocycles. The summed E-state index contributed by atoms with van der Waals surface area (Å²) in [4.78, 5) is 28.1. The van der Waals surface area contributed by atoms with Crippen LogP contribution < -0.4 is 4.74 Å². The highest BCUT2D eigenvalue weighted by Crippen LogP contribution is 2.37. The monoisotopic (exact) mass is 529 g/mol. The molecule has 0 fully saturated rings. The maximum absolute atomic E-state index is 13.4. The Morgan fingerprint density at radius 2 is 1.73 bits per heavy atom. The fraction of sp³-hybridized carbons (Fsp3) is 0.467. The maximum atomic E-state index is 13.4. The first-order valence-electron chi connectivity index (χ1n) is 13.2. The molecular formula is C30H40ClNO5. The highest BCUT2D eigenvalue weighted by atomic mass is 35.5. The zero-order valence-electron chi connectivity index (χ0n) is 22.5. The summed E-state index contributed by atoms with van der Waals surface area (Å²) in [5.74, 6) is -0.0658. The van der Waals surface area contributed by atoms with Gasteiger partial charge in [-0.2, -0.15) is 0 Å². The predicted molar refractivity (Wildman–Crippen MR) is 148 cm³/mol. The molecule has 0 saturated heterocycles. The highest BCUT2D eigenvalue weighted by molar-refractivity contribution is 6.30. The van der Waals surface area contributed by atoms with Gasteiger partial charge >= 0.3 is 5.97 Å². The molecule has 0 unspecified atom stereocenters. The van der Waals surface area contributed by atoms with Gasteiger partial charge in [0.1, 0.15) is 12.4 Å². The van der Waals surface area contributed by atoms with Gasteiger partial charge in [0, 0.05) is 36.2 Å². The zero-order chi connectivity index (χ0) is 27.2. The fourth-order valence-corrected chi connectivity index (χ4v) is 4.35. The average Bonchev–Trinajstić information content (AvgIpc) is 2.92. The minimum absolute atomic E-state index is 0.0225. The Kier molecular flexibility index (Phi) is 13.2. The van der Waals surface area contributed by atoms with E-state index in [1.165, 1.54) is 0 Å². The molecule has 0 bridgehead atoms. The number of aliphatic hydroxyl groups excluding tert-OH is 1. The molecule has 0 spiro atoms. The van der Waals surface area contributed by atoms with E-state index in [9.17, 15) is 9.59 Å². The Balaban J connectivity index is 0.00000235. The third kappa shape index (κ3) is 8.90. The van der Waals surface area contributed by atoms with Crippen LogP contribution in [-0.4, -0.2) is 41.6 Å². The number of nitrogens with zero attached hydrogens (tertiary/aromatic N) is 1. The third-order valence-corrected chi connectivity index (χ3v) is 6.37. The summed E-state index contributed by atoms with van der Waals surface area (Å²) in [6.07, 6.45) is 3.38. The Labute approximate surface area is 226 Å². The number of amides is 1. The minimum atomic E-state index is -0.429. The van der Waals surface area contributed by atoms with Crippen LogP contribution in [0.5, 0.6) is 5.75 Å². The molecule has 0 radical (unpaired) electrons. The molecule has 1 aliphatic heterocycles. The molecular weight excluding hydrogens is 490 g/mol. The number of hydrogen-bond donors (Lipinski definition) is 1. The van der Waals surface area contributed by atoms with Gasteiger partial charge < -0.3 is 19.5 Å². The number of esters is 1. The number of aliphatic hydroxyl groups is 1. The van der Waals surface area contributed by atoms with Crippen molar-refractivity contribution in [1.29, 1.82) is 0 Å². The Hall–Kier alpha value is -2.83. The van der Waals surface area contributed by atoms with Crippen LogP contribution >= 0.6 is 11.6 Å². The standard InChI is InChI=1S/C28H34ClNO5.C2H6/c1-3-17-34-24-13-7-21(8-14-24)19-35-28(33)27-20(2)30(15-5-4-6-16-31)26(32)18-25(27)22-9-11-23(29)12-10-22;1-2/h7-14,25,31H,3-6,15-19H2,1-2H3;1-2H3/t25-;/m1./s1. The maximum Gasteiger partial charge on any atom is 0.336 e. The number of benzene rings is 2. The van der Waals surface area contributed by atoms with Crippen molar-refractivity contribution in [3.63, 3.8) is 0 Å². The summed E-state index contributed by atoms with van der Waals surface area (Å²) in [5.41, 5.74) is 2.83. The van der Waals surface area contributed by atoms with Crippen LogP contribution in [0.1, 0.15) is 76.8 Å². The van der Waals surface area contributed by atoms with Gasteiger partial charge in [0.2, 0.25) is 5.91 Å². The van der Waals surface area contributed by atoms with Crippen molar-refractivity contribution < 1.29 is 24.2 Å². The first kappa shape index (κ1) is 30.4. The summed E-state index contributed by atoms with van der Waals surface area (Å²) < 4.78 is 11.3.